The Morgan fingerprint density at radius 2 is 0.844 bits per heavy atom. The number of hydrogen-bond acceptors (Lipinski definition) is 8. The summed E-state index contributed by atoms with van der Waals surface area (Å²) in [5.41, 5.74) is 0. The molecule has 0 fully saturated rings. The van der Waals surface area contributed by atoms with Crippen molar-refractivity contribution in [1.82, 2.24) is 0 Å². The Morgan fingerprint density at radius 3 is 1.19 bits per heavy atom. The van der Waals surface area contributed by atoms with Crippen LogP contribution in [0, 0.1) is 11.8 Å². The summed E-state index contributed by atoms with van der Waals surface area (Å²) < 4.78 is 31.9. The Hall–Kier alpha value is -1.22. The molecule has 8 nitrogen and oxygen atoms in total. The molecule has 0 aliphatic rings. The van der Waals surface area contributed by atoms with Crippen molar-refractivity contribution >= 4 is 11.9 Å². The summed E-state index contributed by atoms with van der Waals surface area (Å²) in [4.78, 5) is 23.9. The Kier molecular flexibility index (Phi) is 22.1. The van der Waals surface area contributed by atoms with Gasteiger partial charge in [0.2, 0.25) is 0 Å². The number of esters is 2. The Bertz CT molecular complexity index is 404. The number of carbonyl (C=O) groups is 2. The highest BCUT2D eigenvalue weighted by Crippen LogP contribution is 2.19. The highest BCUT2D eigenvalue weighted by Gasteiger charge is 2.20. The van der Waals surface area contributed by atoms with Crippen LogP contribution in [0.2, 0.25) is 0 Å². The largest absolute Gasteiger partial charge is 0.463 e. The predicted molar refractivity (Wildman–Crippen MR) is 123 cm³/mol. The maximum atomic E-state index is 12.0. The quantitative estimate of drug-likeness (QED) is 0.167. The molecule has 0 heterocycles. The monoisotopic (exact) mass is 462 g/mol. The Labute approximate surface area is 194 Å². The lowest BCUT2D eigenvalue weighted by Crippen LogP contribution is -2.21. The molecule has 0 amide bonds. The molecule has 2 unspecified atom stereocenters. The summed E-state index contributed by atoms with van der Waals surface area (Å²) >= 11 is 0. The molecule has 0 radical (unpaired) electrons. The van der Waals surface area contributed by atoms with Gasteiger partial charge in [-0.2, -0.15) is 0 Å². The summed E-state index contributed by atoms with van der Waals surface area (Å²) in [7, 11) is 0. The lowest BCUT2D eigenvalue weighted by Gasteiger charge is -2.18. The van der Waals surface area contributed by atoms with Crippen molar-refractivity contribution in [3.63, 3.8) is 0 Å². The molecule has 0 bridgehead atoms. The number of ether oxygens (including phenoxy) is 6. The van der Waals surface area contributed by atoms with Crippen LogP contribution < -0.4 is 0 Å². The van der Waals surface area contributed by atoms with Crippen molar-refractivity contribution in [2.75, 3.05) is 66.1 Å². The molecule has 2 atom stereocenters. The van der Waals surface area contributed by atoms with E-state index in [1.807, 2.05) is 13.8 Å². The second-order valence-corrected chi connectivity index (χ2v) is 7.96. The van der Waals surface area contributed by atoms with Crippen molar-refractivity contribution < 1.29 is 38.0 Å². The molecule has 0 saturated heterocycles. The van der Waals surface area contributed by atoms with E-state index in [1.165, 1.54) is 0 Å². The van der Waals surface area contributed by atoms with E-state index in [2.05, 4.69) is 13.8 Å². The van der Waals surface area contributed by atoms with Gasteiger partial charge in [-0.3, -0.25) is 9.59 Å². The molecular weight excluding hydrogens is 416 g/mol. The third kappa shape index (κ3) is 20.7. The SMILES string of the molecule is CCCCOCCOCCOC(=O)CC(C)C(C)CC(=O)OCCOCCOCCCC. The summed E-state index contributed by atoms with van der Waals surface area (Å²) in [6.45, 7) is 12.9. The van der Waals surface area contributed by atoms with E-state index in [1.54, 1.807) is 0 Å². The van der Waals surface area contributed by atoms with E-state index in [9.17, 15) is 9.59 Å². The van der Waals surface area contributed by atoms with Crippen LogP contribution in [0.4, 0.5) is 0 Å². The van der Waals surface area contributed by atoms with Crippen molar-refractivity contribution in [3.8, 4) is 0 Å². The first-order valence-electron chi connectivity index (χ1n) is 12.1. The molecule has 32 heavy (non-hydrogen) atoms. The van der Waals surface area contributed by atoms with Crippen LogP contribution in [0.25, 0.3) is 0 Å². The first kappa shape index (κ1) is 30.8. The smallest absolute Gasteiger partial charge is 0.306 e. The second-order valence-electron chi connectivity index (χ2n) is 7.96. The van der Waals surface area contributed by atoms with Gasteiger partial charge < -0.3 is 28.4 Å². The maximum Gasteiger partial charge on any atom is 0.306 e. The fourth-order valence-electron chi connectivity index (χ4n) is 2.61. The molecular formula is C24H46O8. The third-order valence-electron chi connectivity index (χ3n) is 4.96. The van der Waals surface area contributed by atoms with Crippen molar-refractivity contribution in [1.29, 1.82) is 0 Å². The van der Waals surface area contributed by atoms with Gasteiger partial charge in [-0.1, -0.05) is 40.5 Å². The topological polar surface area (TPSA) is 89.5 Å². The van der Waals surface area contributed by atoms with Gasteiger partial charge in [0.25, 0.3) is 0 Å². The van der Waals surface area contributed by atoms with Gasteiger partial charge in [0.05, 0.1) is 39.6 Å². The first-order valence-corrected chi connectivity index (χ1v) is 12.1. The minimum absolute atomic E-state index is 0.0134. The molecule has 0 aliphatic carbocycles. The molecule has 0 rings (SSSR count). The molecule has 0 N–H and O–H groups in total. The van der Waals surface area contributed by atoms with Gasteiger partial charge in [-0.05, 0) is 24.7 Å². The van der Waals surface area contributed by atoms with Crippen LogP contribution in [-0.2, 0) is 38.0 Å². The van der Waals surface area contributed by atoms with E-state index in [0.717, 1.165) is 38.9 Å². The summed E-state index contributed by atoms with van der Waals surface area (Å²) in [5.74, 6) is -0.538. The Morgan fingerprint density at radius 1 is 0.531 bits per heavy atom. The summed E-state index contributed by atoms with van der Waals surface area (Å²) in [5, 5.41) is 0. The molecule has 0 aromatic carbocycles. The van der Waals surface area contributed by atoms with Gasteiger partial charge >= 0.3 is 11.9 Å². The Balaban J connectivity index is 3.64. The number of rotatable bonds is 23. The zero-order valence-electron chi connectivity index (χ0n) is 20.7. The van der Waals surface area contributed by atoms with E-state index in [0.29, 0.717) is 39.6 Å². The average molecular weight is 463 g/mol. The van der Waals surface area contributed by atoms with Crippen molar-refractivity contribution in [3.05, 3.63) is 0 Å². The molecule has 0 spiro atoms. The highest BCUT2D eigenvalue weighted by atomic mass is 16.6. The number of unbranched alkanes of at least 4 members (excludes halogenated alkanes) is 2. The zero-order chi connectivity index (χ0) is 23.9. The number of carbonyl (C=O) groups excluding carboxylic acids is 2. The van der Waals surface area contributed by atoms with Crippen LogP contribution >= 0.6 is 0 Å². The van der Waals surface area contributed by atoms with Gasteiger partial charge in [0.1, 0.15) is 13.2 Å². The van der Waals surface area contributed by atoms with E-state index in [4.69, 9.17) is 28.4 Å². The van der Waals surface area contributed by atoms with E-state index < -0.39 is 0 Å². The minimum Gasteiger partial charge on any atom is -0.463 e. The van der Waals surface area contributed by atoms with Gasteiger partial charge in [-0.15, -0.1) is 0 Å². The normalized spacial score (nSPS) is 13.0. The molecule has 0 aromatic rings. The first-order chi connectivity index (χ1) is 15.5. The van der Waals surface area contributed by atoms with Crippen LogP contribution in [0.5, 0.6) is 0 Å². The molecule has 0 aliphatic heterocycles. The maximum absolute atomic E-state index is 12.0. The summed E-state index contributed by atoms with van der Waals surface area (Å²) in [6, 6.07) is 0. The molecule has 190 valence electrons. The predicted octanol–water partition coefficient (Wildman–Crippen LogP) is 3.79. The molecule has 0 aromatic heterocycles. The van der Waals surface area contributed by atoms with Crippen LogP contribution in [0.1, 0.15) is 66.2 Å². The fraction of sp³-hybridized carbons (Fsp3) is 0.917. The van der Waals surface area contributed by atoms with E-state index in [-0.39, 0.29) is 49.8 Å². The summed E-state index contributed by atoms with van der Waals surface area (Å²) in [6.07, 6.45) is 4.84. The zero-order valence-corrected chi connectivity index (χ0v) is 20.7. The lowest BCUT2D eigenvalue weighted by atomic mass is 9.90. The molecule has 8 heteroatoms. The third-order valence-corrected chi connectivity index (χ3v) is 4.96. The second kappa shape index (κ2) is 23.0. The minimum atomic E-state index is -0.282. The van der Waals surface area contributed by atoms with Crippen molar-refractivity contribution in [2.45, 2.75) is 66.2 Å². The highest BCUT2D eigenvalue weighted by molar-refractivity contribution is 5.71. The average Bonchev–Trinajstić information content (AvgIpc) is 2.76. The lowest BCUT2D eigenvalue weighted by molar-refractivity contribution is -0.149. The van der Waals surface area contributed by atoms with Gasteiger partial charge in [0, 0.05) is 26.1 Å². The van der Waals surface area contributed by atoms with E-state index >= 15 is 0 Å². The van der Waals surface area contributed by atoms with Gasteiger partial charge in [0.15, 0.2) is 0 Å². The standard InChI is InChI=1S/C24H46O8/c1-5-7-9-27-11-13-29-15-17-31-23(25)19-21(3)22(4)20-24(26)32-18-16-30-14-12-28-10-8-6-2/h21-22H,5-20H2,1-4H3. The number of hydrogen-bond donors (Lipinski definition) is 0. The van der Waals surface area contributed by atoms with Crippen LogP contribution in [0.3, 0.4) is 0 Å². The fourth-order valence-corrected chi connectivity index (χ4v) is 2.61. The van der Waals surface area contributed by atoms with Gasteiger partial charge in [-0.25, -0.2) is 0 Å². The molecule has 0 saturated carbocycles. The van der Waals surface area contributed by atoms with Crippen molar-refractivity contribution in [2.24, 2.45) is 11.8 Å². The van der Waals surface area contributed by atoms with Crippen LogP contribution in [-0.4, -0.2) is 78.0 Å². The van der Waals surface area contributed by atoms with Crippen LogP contribution in [0.15, 0.2) is 0 Å².